The summed E-state index contributed by atoms with van der Waals surface area (Å²) in [7, 11) is 1.42. The molecule has 3 fully saturated rings. The van der Waals surface area contributed by atoms with Crippen LogP contribution in [-0.2, 0) is 19.0 Å². The predicted molar refractivity (Wildman–Crippen MR) is 77.7 cm³/mol. The first-order valence-electron chi connectivity index (χ1n) is 8.10. The highest BCUT2D eigenvalue weighted by atomic mass is 16.7. The van der Waals surface area contributed by atoms with Crippen LogP contribution in [-0.4, -0.2) is 44.2 Å². The maximum atomic E-state index is 12.0. The van der Waals surface area contributed by atoms with Gasteiger partial charge in [-0.15, -0.1) is 0 Å². The Balaban J connectivity index is 1.61. The Morgan fingerprint density at radius 3 is 2.27 bits per heavy atom. The second-order valence-electron chi connectivity index (χ2n) is 6.78. The molecule has 2 aliphatic carbocycles. The second kappa shape index (κ2) is 5.80. The highest BCUT2D eigenvalue weighted by Gasteiger charge is 2.50. The summed E-state index contributed by atoms with van der Waals surface area (Å²) in [5, 5.41) is 13.0. The number of carbonyl (C=O) groups is 1. The molecule has 6 heteroatoms. The van der Waals surface area contributed by atoms with Gasteiger partial charge in [-0.3, -0.25) is 4.79 Å². The van der Waals surface area contributed by atoms with Crippen molar-refractivity contribution in [1.82, 2.24) is 5.32 Å². The lowest BCUT2D eigenvalue weighted by Crippen LogP contribution is -2.60. The SMILES string of the molecule is COC(=O)C1(NCC2(C#N)CCC3(CC2)OCCO3)CCC1. The highest BCUT2D eigenvalue weighted by Crippen LogP contribution is 2.45. The number of carbonyl (C=O) groups excluding carboxylic acids is 1. The van der Waals surface area contributed by atoms with E-state index in [0.717, 1.165) is 44.9 Å². The van der Waals surface area contributed by atoms with Crippen molar-refractivity contribution in [3.05, 3.63) is 0 Å². The van der Waals surface area contributed by atoms with E-state index in [4.69, 9.17) is 14.2 Å². The number of methoxy groups -OCH3 is 1. The zero-order valence-corrected chi connectivity index (χ0v) is 13.2. The van der Waals surface area contributed by atoms with Gasteiger partial charge in [0.25, 0.3) is 0 Å². The number of ether oxygens (including phenoxy) is 3. The summed E-state index contributed by atoms with van der Waals surface area (Å²) in [6.45, 7) is 1.81. The molecule has 22 heavy (non-hydrogen) atoms. The van der Waals surface area contributed by atoms with Crippen molar-refractivity contribution in [2.75, 3.05) is 26.9 Å². The average molecular weight is 308 g/mol. The first-order chi connectivity index (χ1) is 10.6. The number of rotatable bonds is 4. The minimum absolute atomic E-state index is 0.207. The van der Waals surface area contributed by atoms with E-state index in [1.807, 2.05) is 0 Å². The lowest BCUT2D eigenvalue weighted by molar-refractivity contribution is -0.187. The topological polar surface area (TPSA) is 80.6 Å². The van der Waals surface area contributed by atoms with Crippen molar-refractivity contribution in [3.63, 3.8) is 0 Å². The molecule has 2 saturated carbocycles. The first kappa shape index (κ1) is 15.7. The Hall–Kier alpha value is -1.16. The lowest BCUT2D eigenvalue weighted by Gasteiger charge is -2.44. The van der Waals surface area contributed by atoms with Crippen LogP contribution in [0.3, 0.4) is 0 Å². The van der Waals surface area contributed by atoms with E-state index in [-0.39, 0.29) is 5.97 Å². The van der Waals surface area contributed by atoms with Crippen molar-refractivity contribution in [1.29, 1.82) is 5.26 Å². The van der Waals surface area contributed by atoms with Gasteiger partial charge >= 0.3 is 5.97 Å². The molecule has 1 saturated heterocycles. The molecule has 0 aromatic rings. The number of hydrogen-bond acceptors (Lipinski definition) is 6. The molecule has 0 radical (unpaired) electrons. The number of nitrogens with zero attached hydrogens (tertiary/aromatic N) is 1. The zero-order valence-electron chi connectivity index (χ0n) is 13.2. The number of nitrogens with one attached hydrogen (secondary N) is 1. The Morgan fingerprint density at radius 2 is 1.82 bits per heavy atom. The molecule has 0 aromatic heterocycles. The van der Waals surface area contributed by atoms with Gasteiger partial charge in [0.1, 0.15) is 5.54 Å². The molecule has 0 atom stereocenters. The van der Waals surface area contributed by atoms with Crippen LogP contribution in [0.25, 0.3) is 0 Å². The summed E-state index contributed by atoms with van der Waals surface area (Å²) in [4.78, 5) is 12.0. The Bertz CT molecular complexity index is 465. The smallest absolute Gasteiger partial charge is 0.326 e. The first-order valence-corrected chi connectivity index (χ1v) is 8.10. The second-order valence-corrected chi connectivity index (χ2v) is 6.78. The number of hydrogen-bond donors (Lipinski definition) is 1. The Kier molecular flexibility index (Phi) is 4.15. The normalized spacial score (nSPS) is 27.8. The fourth-order valence-corrected chi connectivity index (χ4v) is 3.74. The van der Waals surface area contributed by atoms with Crippen LogP contribution in [0.2, 0.25) is 0 Å². The van der Waals surface area contributed by atoms with E-state index >= 15 is 0 Å². The summed E-state index contributed by atoms with van der Waals surface area (Å²) in [5.74, 6) is -0.668. The molecule has 1 spiro atoms. The van der Waals surface area contributed by atoms with Crippen LogP contribution >= 0.6 is 0 Å². The third kappa shape index (κ3) is 2.62. The van der Waals surface area contributed by atoms with Crippen LogP contribution in [0.15, 0.2) is 0 Å². The van der Waals surface area contributed by atoms with Gasteiger partial charge in [0.15, 0.2) is 5.79 Å². The van der Waals surface area contributed by atoms with Gasteiger partial charge in [-0.25, -0.2) is 0 Å². The van der Waals surface area contributed by atoms with Crippen molar-refractivity contribution in [2.24, 2.45) is 5.41 Å². The third-order valence-electron chi connectivity index (χ3n) is 5.57. The fraction of sp³-hybridized carbons (Fsp3) is 0.875. The van der Waals surface area contributed by atoms with Crippen molar-refractivity contribution in [2.45, 2.75) is 56.3 Å². The zero-order chi connectivity index (χ0) is 15.7. The minimum Gasteiger partial charge on any atom is -0.468 e. The molecule has 3 aliphatic rings. The molecular weight excluding hydrogens is 284 g/mol. The Labute approximate surface area is 131 Å². The van der Waals surface area contributed by atoms with Gasteiger partial charge in [0, 0.05) is 19.4 Å². The molecule has 1 N–H and O–H groups in total. The summed E-state index contributed by atoms with van der Waals surface area (Å²) in [5.41, 5.74) is -1.02. The number of esters is 1. The summed E-state index contributed by atoms with van der Waals surface area (Å²) < 4.78 is 16.4. The largest absolute Gasteiger partial charge is 0.468 e. The fourth-order valence-electron chi connectivity index (χ4n) is 3.74. The van der Waals surface area contributed by atoms with Gasteiger partial charge in [-0.05, 0) is 32.1 Å². The van der Waals surface area contributed by atoms with Gasteiger partial charge in [-0.2, -0.15) is 5.26 Å². The maximum absolute atomic E-state index is 12.0. The van der Waals surface area contributed by atoms with E-state index < -0.39 is 16.7 Å². The molecule has 0 amide bonds. The monoisotopic (exact) mass is 308 g/mol. The molecule has 1 heterocycles. The van der Waals surface area contributed by atoms with Crippen LogP contribution in [0.1, 0.15) is 44.9 Å². The van der Waals surface area contributed by atoms with Crippen LogP contribution in [0.4, 0.5) is 0 Å². The molecule has 0 bridgehead atoms. The van der Waals surface area contributed by atoms with E-state index in [2.05, 4.69) is 11.4 Å². The van der Waals surface area contributed by atoms with Gasteiger partial charge in [0.2, 0.25) is 0 Å². The van der Waals surface area contributed by atoms with Crippen LogP contribution in [0.5, 0.6) is 0 Å². The van der Waals surface area contributed by atoms with Crippen LogP contribution < -0.4 is 5.32 Å². The molecule has 122 valence electrons. The van der Waals surface area contributed by atoms with E-state index in [1.54, 1.807) is 0 Å². The predicted octanol–water partition coefficient (Wildman–Crippen LogP) is 1.50. The molecule has 0 aromatic carbocycles. The molecule has 3 rings (SSSR count). The average Bonchev–Trinajstić information content (AvgIpc) is 2.97. The molecular formula is C16H24N2O4. The molecule has 6 nitrogen and oxygen atoms in total. The molecule has 1 aliphatic heterocycles. The molecule has 0 unspecified atom stereocenters. The summed E-state index contributed by atoms with van der Waals surface area (Å²) >= 11 is 0. The van der Waals surface area contributed by atoms with Crippen molar-refractivity contribution in [3.8, 4) is 6.07 Å². The van der Waals surface area contributed by atoms with Gasteiger partial charge < -0.3 is 19.5 Å². The third-order valence-corrected chi connectivity index (χ3v) is 5.57. The Morgan fingerprint density at radius 1 is 1.18 bits per heavy atom. The standard InChI is InChI=1S/C16H24N2O4/c1-20-13(19)15(3-2-4-15)18-12-14(11-17)5-7-16(8-6-14)21-9-10-22-16/h18H,2-10,12H2,1H3. The lowest BCUT2D eigenvalue weighted by atomic mass is 9.71. The summed E-state index contributed by atoms with van der Waals surface area (Å²) in [6, 6.07) is 2.48. The maximum Gasteiger partial charge on any atom is 0.326 e. The van der Waals surface area contributed by atoms with Crippen molar-refractivity contribution < 1.29 is 19.0 Å². The van der Waals surface area contributed by atoms with Gasteiger partial charge in [-0.1, -0.05) is 0 Å². The van der Waals surface area contributed by atoms with E-state index in [9.17, 15) is 10.1 Å². The van der Waals surface area contributed by atoms with Crippen molar-refractivity contribution >= 4 is 5.97 Å². The highest BCUT2D eigenvalue weighted by molar-refractivity contribution is 5.81. The van der Waals surface area contributed by atoms with E-state index in [1.165, 1.54) is 7.11 Å². The van der Waals surface area contributed by atoms with Gasteiger partial charge in [0.05, 0.1) is 31.8 Å². The number of nitriles is 1. The quantitative estimate of drug-likeness (QED) is 0.793. The van der Waals surface area contributed by atoms with Crippen LogP contribution in [0, 0.1) is 16.7 Å². The minimum atomic E-state index is -0.575. The van der Waals surface area contributed by atoms with E-state index in [0.29, 0.717) is 19.8 Å². The summed E-state index contributed by atoms with van der Waals surface area (Å²) in [6.07, 6.45) is 5.55.